The summed E-state index contributed by atoms with van der Waals surface area (Å²) in [6, 6.07) is 6.32. The van der Waals surface area contributed by atoms with Gasteiger partial charge < -0.3 is 73.6 Å². The summed E-state index contributed by atoms with van der Waals surface area (Å²) in [6.07, 6.45) is -7.96. The Bertz CT molecular complexity index is 2140. The fraction of sp³-hybridized carbons (Fsp3) is 0.780. The molecule has 3 fully saturated rings. The molecule has 3 aliphatic heterocycles. The van der Waals surface area contributed by atoms with Crippen LogP contribution in [0.4, 0.5) is 0 Å². The SMILES string of the molecule is CC[C@H]1OC(=O)[C@H](C)[C@@H](O[C@H]2C[C@@](C)(OC)[C@@H](O)[C@H](C)O2)[C@H](C)[C@@H](O[C@@H]2O[C@H](C)C[C@H](N(C)CCc3cn(CC(O)COc4ccc(-c5csnn5)cc4)nn3)[C@H]2O)[C@](C)(O)CCN(C)[C@H](C)[C@@H](O)[C@]1(C)O. The number of benzene rings is 1. The van der Waals surface area contributed by atoms with E-state index in [2.05, 4.69) is 19.9 Å². The molecule has 0 aliphatic carbocycles. The number of carbonyl (C=O) groups excluding carboxylic acids is 1. The predicted octanol–water partition coefficient (Wildman–Crippen LogP) is 2.43. The molecule has 0 spiro atoms. The van der Waals surface area contributed by atoms with Crippen molar-refractivity contribution < 1.29 is 68.6 Å². The molecular weight excluding hydrogens is 955 g/mol. The lowest BCUT2D eigenvalue weighted by molar-refractivity contribution is -0.318. The van der Waals surface area contributed by atoms with Crippen molar-refractivity contribution in [3.8, 4) is 17.0 Å². The molecule has 406 valence electrons. The summed E-state index contributed by atoms with van der Waals surface area (Å²) in [5, 5.41) is 84.5. The number of esters is 1. The van der Waals surface area contributed by atoms with Crippen molar-refractivity contribution in [2.45, 2.75) is 197 Å². The van der Waals surface area contributed by atoms with Gasteiger partial charge >= 0.3 is 5.97 Å². The third-order valence-electron chi connectivity index (χ3n) is 15.4. The van der Waals surface area contributed by atoms with Crippen LogP contribution in [0.1, 0.15) is 93.7 Å². The van der Waals surface area contributed by atoms with Gasteiger partial charge in [-0.1, -0.05) is 23.5 Å². The third-order valence-corrected chi connectivity index (χ3v) is 15.9. The Morgan fingerprint density at radius 1 is 1.00 bits per heavy atom. The van der Waals surface area contributed by atoms with Crippen LogP contribution >= 0.6 is 11.5 Å². The van der Waals surface area contributed by atoms with Gasteiger partial charge in [0.2, 0.25) is 0 Å². The summed E-state index contributed by atoms with van der Waals surface area (Å²) in [4.78, 5) is 18.2. The number of aromatic nitrogens is 5. The molecular formula is C50H81N7O14S. The molecule has 18 atom stereocenters. The number of aliphatic hydroxyl groups is 6. The maximum Gasteiger partial charge on any atom is 0.311 e. The molecule has 0 saturated carbocycles. The average Bonchev–Trinajstić information content (AvgIpc) is 4.06. The third kappa shape index (κ3) is 13.7. The highest BCUT2D eigenvalue weighted by molar-refractivity contribution is 7.03. The summed E-state index contributed by atoms with van der Waals surface area (Å²) in [7, 11) is 5.17. The average molecular weight is 1040 g/mol. The van der Waals surface area contributed by atoms with Crippen LogP contribution in [0.15, 0.2) is 35.8 Å². The normalized spacial score (nSPS) is 38.3. The molecule has 5 heterocycles. The molecule has 1 aromatic carbocycles. The number of rotatable bonds is 16. The summed E-state index contributed by atoms with van der Waals surface area (Å²) < 4.78 is 49.3. The number of carbonyl (C=O) groups is 1. The van der Waals surface area contributed by atoms with E-state index in [-0.39, 0.29) is 45.1 Å². The van der Waals surface area contributed by atoms with Gasteiger partial charge in [0.25, 0.3) is 0 Å². The van der Waals surface area contributed by atoms with Crippen LogP contribution in [0.25, 0.3) is 11.3 Å². The summed E-state index contributed by atoms with van der Waals surface area (Å²) in [5.41, 5.74) is -2.20. The van der Waals surface area contributed by atoms with Gasteiger partial charge in [-0.3, -0.25) is 4.79 Å². The van der Waals surface area contributed by atoms with Crippen molar-refractivity contribution in [2.75, 3.05) is 40.9 Å². The molecule has 72 heavy (non-hydrogen) atoms. The molecule has 3 saturated heterocycles. The molecule has 1 unspecified atom stereocenters. The first-order valence-electron chi connectivity index (χ1n) is 25.2. The zero-order valence-electron chi connectivity index (χ0n) is 44.0. The highest BCUT2D eigenvalue weighted by Gasteiger charge is 2.53. The van der Waals surface area contributed by atoms with Crippen LogP contribution in [0, 0.1) is 11.8 Å². The lowest BCUT2D eigenvalue weighted by atomic mass is 9.79. The van der Waals surface area contributed by atoms with Crippen molar-refractivity contribution in [2.24, 2.45) is 11.8 Å². The Morgan fingerprint density at radius 2 is 1.71 bits per heavy atom. The minimum Gasteiger partial charge on any atom is -0.491 e. The van der Waals surface area contributed by atoms with Crippen LogP contribution in [-0.4, -0.2) is 208 Å². The first-order valence-corrected chi connectivity index (χ1v) is 26.1. The van der Waals surface area contributed by atoms with Crippen LogP contribution in [0.2, 0.25) is 0 Å². The summed E-state index contributed by atoms with van der Waals surface area (Å²) in [6.45, 7) is 16.3. The molecule has 3 aliphatic rings. The highest BCUT2D eigenvalue weighted by Crippen LogP contribution is 2.40. The van der Waals surface area contributed by atoms with Gasteiger partial charge in [0.1, 0.15) is 54.2 Å². The van der Waals surface area contributed by atoms with Crippen molar-refractivity contribution in [1.82, 2.24) is 34.4 Å². The molecule has 6 N–H and O–H groups in total. The van der Waals surface area contributed by atoms with E-state index in [1.807, 2.05) is 53.4 Å². The zero-order chi connectivity index (χ0) is 52.9. The maximum absolute atomic E-state index is 14.4. The summed E-state index contributed by atoms with van der Waals surface area (Å²) in [5.74, 6) is -2.00. The van der Waals surface area contributed by atoms with E-state index in [1.54, 1.807) is 66.4 Å². The second-order valence-corrected chi connectivity index (χ2v) is 21.7. The van der Waals surface area contributed by atoms with E-state index in [4.69, 9.17) is 33.2 Å². The number of likely N-dealkylation sites (N-methyl/N-ethyl adjacent to an activating group) is 2. The van der Waals surface area contributed by atoms with E-state index in [1.165, 1.54) is 25.6 Å². The van der Waals surface area contributed by atoms with Gasteiger partial charge in [0, 0.05) is 68.2 Å². The minimum atomic E-state index is -1.85. The standard InChI is InChI=1S/C50H81N7O14S/c1-13-39-50(9,64)43(60)31(5)55(10)21-19-48(7,63)45(29(3)42(30(4)46(62)69-39)70-40-23-49(8,65-12)44(61)32(6)68-40)71-47-41(59)38(22-28(2)67-47)56(11)20-18-34-24-57(53-51-34)25-35(58)26-66-36-16-14-33(15-17-36)37-27-72-54-52-37/h14-17,24,27-32,35,38-45,47,58-61,63-64H,13,18-23,25-26H2,1-12H3/t28-,29+,30-,31-,32+,35?,38+,39-,40+,41-,42+,43-,44+,45-,47+,48-,49-,50-/m1/s1. The second-order valence-electron chi connectivity index (χ2n) is 21.1. The van der Waals surface area contributed by atoms with Gasteiger partial charge in [0.15, 0.2) is 12.6 Å². The Kier molecular flexibility index (Phi) is 19.8. The number of hydrogen-bond acceptors (Lipinski definition) is 21. The van der Waals surface area contributed by atoms with E-state index in [9.17, 15) is 35.4 Å². The predicted molar refractivity (Wildman–Crippen MR) is 265 cm³/mol. The Labute approximate surface area is 427 Å². The first kappa shape index (κ1) is 57.9. The molecule has 3 aromatic rings. The number of ether oxygens (including phenoxy) is 7. The quantitative estimate of drug-likeness (QED) is 0.113. The van der Waals surface area contributed by atoms with Gasteiger partial charge in [-0.25, -0.2) is 4.68 Å². The van der Waals surface area contributed by atoms with E-state index in [0.717, 1.165) is 11.3 Å². The topological polar surface area (TPSA) is 266 Å². The highest BCUT2D eigenvalue weighted by atomic mass is 32.1. The number of cyclic esters (lactones) is 1. The van der Waals surface area contributed by atoms with E-state index in [0.29, 0.717) is 30.8 Å². The van der Waals surface area contributed by atoms with Crippen molar-refractivity contribution in [3.63, 3.8) is 0 Å². The molecule has 2 aromatic heterocycles. The molecule has 6 rings (SSSR count). The Balaban J connectivity index is 1.18. The molecule has 22 heteroatoms. The fourth-order valence-electron chi connectivity index (χ4n) is 10.3. The lowest BCUT2D eigenvalue weighted by Gasteiger charge is -2.49. The monoisotopic (exact) mass is 1040 g/mol. The van der Waals surface area contributed by atoms with Crippen molar-refractivity contribution in [1.29, 1.82) is 0 Å². The molecule has 21 nitrogen and oxygen atoms in total. The van der Waals surface area contributed by atoms with Gasteiger partial charge in [-0.05, 0) is 118 Å². The van der Waals surface area contributed by atoms with Crippen molar-refractivity contribution in [3.05, 3.63) is 41.5 Å². The van der Waals surface area contributed by atoms with E-state index < -0.39 is 108 Å². The summed E-state index contributed by atoms with van der Waals surface area (Å²) >= 11 is 1.28. The zero-order valence-corrected chi connectivity index (χ0v) is 44.8. The number of aliphatic hydroxyl groups excluding tert-OH is 4. The smallest absolute Gasteiger partial charge is 0.311 e. The Hall–Kier alpha value is -3.33. The minimum absolute atomic E-state index is 0.0456. The van der Waals surface area contributed by atoms with Gasteiger partial charge in [-0.15, -0.1) is 10.2 Å². The maximum atomic E-state index is 14.4. The van der Waals surface area contributed by atoms with E-state index >= 15 is 0 Å². The van der Waals surface area contributed by atoms with Crippen LogP contribution in [0.5, 0.6) is 5.75 Å². The first-order chi connectivity index (χ1) is 33.9. The number of methoxy groups -OCH3 is 1. The second kappa shape index (κ2) is 24.6. The molecule has 0 bridgehead atoms. The van der Waals surface area contributed by atoms with Gasteiger partial charge in [-0.2, -0.15) is 0 Å². The van der Waals surface area contributed by atoms with Crippen molar-refractivity contribution >= 4 is 17.5 Å². The fourth-order valence-corrected chi connectivity index (χ4v) is 10.8. The Morgan fingerprint density at radius 3 is 2.36 bits per heavy atom. The molecule has 0 radical (unpaired) electrons. The van der Waals surface area contributed by atoms with Crippen LogP contribution < -0.4 is 4.74 Å². The number of hydrogen-bond donors (Lipinski definition) is 6. The van der Waals surface area contributed by atoms with Crippen LogP contribution in [-0.2, 0) is 46.2 Å². The van der Waals surface area contributed by atoms with Crippen LogP contribution in [0.3, 0.4) is 0 Å². The molecule has 0 amide bonds. The lowest BCUT2D eigenvalue weighted by Crippen LogP contribution is -2.62. The number of nitrogens with zero attached hydrogens (tertiary/aromatic N) is 7. The van der Waals surface area contributed by atoms with Gasteiger partial charge in [0.05, 0.1) is 53.8 Å². The largest absolute Gasteiger partial charge is 0.491 e.